The number of aromatic nitrogens is 7. The smallest absolute Gasteiger partial charge is 0.212 e. The Balaban J connectivity index is 1.33. The third-order valence-corrected chi connectivity index (χ3v) is 5.27. The minimum absolute atomic E-state index is 0.545. The summed E-state index contributed by atoms with van der Waals surface area (Å²) >= 11 is 6.34. The van der Waals surface area contributed by atoms with Gasteiger partial charge in [-0.2, -0.15) is 5.10 Å². The Bertz CT molecular complexity index is 1390. The maximum Gasteiger partial charge on any atom is 0.212 e. The lowest BCUT2D eigenvalue weighted by Gasteiger charge is -2.09. The van der Waals surface area contributed by atoms with E-state index in [4.69, 9.17) is 16.3 Å². The van der Waals surface area contributed by atoms with Crippen LogP contribution < -0.4 is 10.1 Å². The van der Waals surface area contributed by atoms with Gasteiger partial charge in [-0.1, -0.05) is 11.6 Å². The fourth-order valence-corrected chi connectivity index (χ4v) is 3.50. The van der Waals surface area contributed by atoms with E-state index in [2.05, 4.69) is 30.5 Å². The standard InChI is InChI=1S/C23H19ClN8O/c1-31-13-16(11-28-31)19-9-21(25-12-20(19)24)29-17-4-6-18(7-5-17)32-14-27-23(30-32)15-3-8-22(33-2)26-10-15/h3-14H,1-2H3,(H,25,29). The second-order valence-corrected chi connectivity index (χ2v) is 7.63. The van der Waals surface area contributed by atoms with Crippen molar-refractivity contribution in [2.45, 2.75) is 0 Å². The lowest BCUT2D eigenvalue weighted by atomic mass is 10.1. The van der Waals surface area contributed by atoms with Gasteiger partial charge in [0.2, 0.25) is 5.88 Å². The Morgan fingerprint density at radius 2 is 1.79 bits per heavy atom. The van der Waals surface area contributed by atoms with Crippen LogP contribution in [0.15, 0.2) is 73.6 Å². The molecule has 0 bridgehead atoms. The van der Waals surface area contributed by atoms with E-state index in [1.54, 1.807) is 47.5 Å². The van der Waals surface area contributed by atoms with Crippen molar-refractivity contribution in [3.8, 4) is 34.1 Å². The summed E-state index contributed by atoms with van der Waals surface area (Å²) < 4.78 is 8.54. The first kappa shape index (κ1) is 20.7. The van der Waals surface area contributed by atoms with Crippen LogP contribution in [0.4, 0.5) is 11.5 Å². The van der Waals surface area contributed by atoms with Crippen molar-refractivity contribution < 1.29 is 4.74 Å². The molecule has 1 N–H and O–H groups in total. The third-order valence-electron chi connectivity index (χ3n) is 4.97. The number of rotatable bonds is 6. The molecule has 0 atom stereocenters. The lowest BCUT2D eigenvalue weighted by molar-refractivity contribution is 0.398. The summed E-state index contributed by atoms with van der Waals surface area (Å²) in [6, 6.07) is 13.4. The van der Waals surface area contributed by atoms with E-state index in [9.17, 15) is 0 Å². The number of aryl methyl sites for hydroxylation is 1. The molecular formula is C23H19ClN8O. The molecule has 33 heavy (non-hydrogen) atoms. The van der Waals surface area contributed by atoms with Gasteiger partial charge in [0.25, 0.3) is 0 Å². The Labute approximate surface area is 194 Å². The number of ether oxygens (including phenoxy) is 1. The monoisotopic (exact) mass is 458 g/mol. The SMILES string of the molecule is COc1ccc(-c2ncn(-c3ccc(Nc4cc(-c5cnn(C)c5)c(Cl)cn4)cc3)n2)cn1. The Morgan fingerprint density at radius 3 is 2.48 bits per heavy atom. The van der Waals surface area contributed by atoms with Crippen LogP contribution in [0.25, 0.3) is 28.2 Å². The summed E-state index contributed by atoms with van der Waals surface area (Å²) in [6.45, 7) is 0. The first-order valence-corrected chi connectivity index (χ1v) is 10.4. The molecule has 1 aromatic carbocycles. The molecule has 9 nitrogen and oxygen atoms in total. The number of benzene rings is 1. The predicted molar refractivity (Wildman–Crippen MR) is 126 cm³/mol. The van der Waals surface area contributed by atoms with Crippen molar-refractivity contribution >= 4 is 23.1 Å². The summed E-state index contributed by atoms with van der Waals surface area (Å²) in [4.78, 5) is 13.0. The molecule has 0 aliphatic heterocycles. The molecule has 0 unspecified atom stereocenters. The number of nitrogens with zero attached hydrogens (tertiary/aromatic N) is 7. The second-order valence-electron chi connectivity index (χ2n) is 7.23. The number of pyridine rings is 2. The van der Waals surface area contributed by atoms with Crippen LogP contribution in [-0.2, 0) is 7.05 Å². The van der Waals surface area contributed by atoms with Gasteiger partial charge in [0.1, 0.15) is 12.1 Å². The highest BCUT2D eigenvalue weighted by Crippen LogP contribution is 2.30. The molecule has 0 saturated heterocycles. The van der Waals surface area contributed by atoms with Gasteiger partial charge in [-0.15, -0.1) is 5.10 Å². The largest absolute Gasteiger partial charge is 0.481 e. The van der Waals surface area contributed by atoms with Crippen LogP contribution in [0, 0.1) is 0 Å². The van der Waals surface area contributed by atoms with Crippen LogP contribution in [0.2, 0.25) is 5.02 Å². The van der Waals surface area contributed by atoms with Crippen molar-refractivity contribution in [2.24, 2.45) is 7.05 Å². The van der Waals surface area contributed by atoms with Crippen LogP contribution in [0.1, 0.15) is 0 Å². The number of methoxy groups -OCH3 is 1. The summed E-state index contributed by atoms with van der Waals surface area (Å²) in [7, 11) is 3.45. The second kappa shape index (κ2) is 8.71. The van der Waals surface area contributed by atoms with Gasteiger partial charge in [-0.05, 0) is 36.4 Å². The van der Waals surface area contributed by atoms with E-state index in [1.807, 2.05) is 49.6 Å². The normalized spacial score (nSPS) is 10.9. The number of halogens is 1. The van der Waals surface area contributed by atoms with E-state index in [0.717, 1.165) is 28.1 Å². The highest BCUT2D eigenvalue weighted by atomic mass is 35.5. The quantitative estimate of drug-likeness (QED) is 0.399. The van der Waals surface area contributed by atoms with Crippen molar-refractivity contribution in [1.82, 2.24) is 34.5 Å². The van der Waals surface area contributed by atoms with E-state index >= 15 is 0 Å². The molecule has 0 fully saturated rings. The van der Waals surface area contributed by atoms with Gasteiger partial charge in [-0.3, -0.25) is 4.68 Å². The summed E-state index contributed by atoms with van der Waals surface area (Å²) in [5.74, 6) is 1.81. The number of anilines is 2. The highest BCUT2D eigenvalue weighted by Gasteiger charge is 2.10. The molecular weight excluding hydrogens is 440 g/mol. The van der Waals surface area contributed by atoms with Crippen molar-refractivity contribution in [3.05, 3.63) is 78.6 Å². The van der Waals surface area contributed by atoms with Crippen LogP contribution in [-0.4, -0.2) is 41.6 Å². The van der Waals surface area contributed by atoms with Gasteiger partial charge >= 0.3 is 0 Å². The van der Waals surface area contributed by atoms with Crippen molar-refractivity contribution in [3.63, 3.8) is 0 Å². The number of hydrogen-bond acceptors (Lipinski definition) is 7. The average Bonchev–Trinajstić information content (AvgIpc) is 3.50. The molecule has 5 aromatic rings. The van der Waals surface area contributed by atoms with Gasteiger partial charge in [-0.25, -0.2) is 19.6 Å². The number of hydrogen-bond donors (Lipinski definition) is 1. The molecule has 4 heterocycles. The topological polar surface area (TPSA) is 95.6 Å². The molecule has 164 valence electrons. The zero-order valence-corrected chi connectivity index (χ0v) is 18.6. The third kappa shape index (κ3) is 4.39. The minimum atomic E-state index is 0.545. The molecule has 0 spiro atoms. The zero-order valence-electron chi connectivity index (χ0n) is 17.8. The summed E-state index contributed by atoms with van der Waals surface area (Å²) in [6.07, 6.45) is 8.67. The van der Waals surface area contributed by atoms with E-state index in [-0.39, 0.29) is 0 Å². The molecule has 5 rings (SSSR count). The zero-order chi connectivity index (χ0) is 22.8. The van der Waals surface area contributed by atoms with Crippen molar-refractivity contribution in [1.29, 1.82) is 0 Å². The first-order valence-electron chi connectivity index (χ1n) is 10.0. The molecule has 0 saturated carbocycles. The van der Waals surface area contributed by atoms with Crippen LogP contribution in [0.5, 0.6) is 5.88 Å². The van der Waals surface area contributed by atoms with Crippen molar-refractivity contribution in [2.75, 3.05) is 12.4 Å². The Morgan fingerprint density at radius 1 is 0.939 bits per heavy atom. The molecule has 4 aromatic heterocycles. The molecule has 0 aliphatic rings. The number of nitrogens with one attached hydrogen (secondary N) is 1. The van der Waals surface area contributed by atoms with Crippen LogP contribution >= 0.6 is 11.6 Å². The summed E-state index contributed by atoms with van der Waals surface area (Å²) in [5, 5.41) is 12.6. The first-order chi connectivity index (χ1) is 16.1. The van der Waals surface area contributed by atoms with Gasteiger partial charge < -0.3 is 10.1 Å². The summed E-state index contributed by atoms with van der Waals surface area (Å²) in [5.41, 5.74) is 4.36. The van der Waals surface area contributed by atoms with Gasteiger partial charge in [0.15, 0.2) is 5.82 Å². The minimum Gasteiger partial charge on any atom is -0.481 e. The molecule has 0 amide bonds. The highest BCUT2D eigenvalue weighted by molar-refractivity contribution is 6.33. The van der Waals surface area contributed by atoms with Crippen LogP contribution in [0.3, 0.4) is 0 Å². The predicted octanol–water partition coefficient (Wildman–Crippen LogP) is 4.53. The Hall–Kier alpha value is -4.24. The fourth-order valence-electron chi connectivity index (χ4n) is 3.29. The lowest BCUT2D eigenvalue weighted by Crippen LogP contribution is -1.97. The van der Waals surface area contributed by atoms with E-state index in [1.165, 1.54) is 0 Å². The Kier molecular flexibility index (Phi) is 5.45. The fraction of sp³-hybridized carbons (Fsp3) is 0.0870. The van der Waals surface area contributed by atoms with E-state index in [0.29, 0.717) is 22.5 Å². The molecule has 10 heteroatoms. The maximum atomic E-state index is 6.34. The van der Waals surface area contributed by atoms with E-state index < -0.39 is 0 Å². The molecule has 0 radical (unpaired) electrons. The van der Waals surface area contributed by atoms with Gasteiger partial charge in [0.05, 0.1) is 24.0 Å². The maximum absolute atomic E-state index is 6.34. The van der Waals surface area contributed by atoms with Gasteiger partial charge in [0, 0.05) is 54.1 Å². The average molecular weight is 459 g/mol. The molecule has 0 aliphatic carbocycles.